The van der Waals surface area contributed by atoms with Gasteiger partial charge in [0.15, 0.2) is 0 Å². The second-order valence-corrected chi connectivity index (χ2v) is 5.20. The fraction of sp³-hybridized carbons (Fsp3) is 0.353. The van der Waals surface area contributed by atoms with Gasteiger partial charge in [0.25, 0.3) is 0 Å². The van der Waals surface area contributed by atoms with E-state index in [1.807, 2.05) is 49.5 Å². The van der Waals surface area contributed by atoms with Crippen molar-refractivity contribution in [1.29, 1.82) is 0 Å². The normalized spacial score (nSPS) is 10.4. The minimum Gasteiger partial charge on any atom is -0.497 e. The van der Waals surface area contributed by atoms with Crippen LogP contribution in [0.5, 0.6) is 11.5 Å². The molecule has 5 nitrogen and oxygen atoms in total. The number of benzene rings is 1. The molecule has 0 unspecified atom stereocenters. The zero-order valence-corrected chi connectivity index (χ0v) is 13.6. The third-order valence-corrected chi connectivity index (χ3v) is 3.41. The smallest absolute Gasteiger partial charge is 0.128 e. The van der Waals surface area contributed by atoms with Crippen LogP contribution < -0.4 is 19.7 Å². The monoisotopic (exact) mass is 301 g/mol. The molecule has 0 amide bonds. The summed E-state index contributed by atoms with van der Waals surface area (Å²) < 4.78 is 10.6. The number of nitrogens with zero attached hydrogens (tertiary/aromatic N) is 2. The molecule has 0 aliphatic carbocycles. The van der Waals surface area contributed by atoms with Gasteiger partial charge in [-0.05, 0) is 23.8 Å². The van der Waals surface area contributed by atoms with E-state index in [1.165, 1.54) is 5.56 Å². The summed E-state index contributed by atoms with van der Waals surface area (Å²) in [6.07, 6.45) is 1.83. The van der Waals surface area contributed by atoms with Crippen LogP contribution in [0.1, 0.15) is 11.1 Å². The van der Waals surface area contributed by atoms with Crippen molar-refractivity contribution >= 4 is 5.82 Å². The number of hydrogen-bond acceptors (Lipinski definition) is 5. The van der Waals surface area contributed by atoms with Crippen LogP contribution in [0.15, 0.2) is 36.5 Å². The molecule has 0 aliphatic heterocycles. The van der Waals surface area contributed by atoms with Crippen molar-refractivity contribution < 1.29 is 9.47 Å². The van der Waals surface area contributed by atoms with Gasteiger partial charge < -0.3 is 19.7 Å². The zero-order valence-electron chi connectivity index (χ0n) is 13.6. The van der Waals surface area contributed by atoms with Crippen LogP contribution in [0.2, 0.25) is 0 Å². The molecule has 0 fully saturated rings. The average Bonchev–Trinajstić information content (AvgIpc) is 2.55. The molecule has 0 bridgehead atoms. The lowest BCUT2D eigenvalue weighted by molar-refractivity contribution is 0.390. The SMILES string of the molecule is COc1ccc(CNCc2ccnc(N(C)C)c2)c(OC)c1. The van der Waals surface area contributed by atoms with Crippen LogP contribution in [0.4, 0.5) is 5.82 Å². The highest BCUT2D eigenvalue weighted by atomic mass is 16.5. The Morgan fingerprint density at radius 1 is 1.05 bits per heavy atom. The van der Waals surface area contributed by atoms with E-state index in [1.54, 1.807) is 14.2 Å². The lowest BCUT2D eigenvalue weighted by Gasteiger charge is -2.13. The molecule has 118 valence electrons. The number of hydrogen-bond donors (Lipinski definition) is 1. The van der Waals surface area contributed by atoms with Crippen molar-refractivity contribution in [3.63, 3.8) is 0 Å². The van der Waals surface area contributed by atoms with Crippen molar-refractivity contribution in [2.24, 2.45) is 0 Å². The second-order valence-electron chi connectivity index (χ2n) is 5.20. The summed E-state index contributed by atoms with van der Waals surface area (Å²) in [5, 5.41) is 3.43. The Kier molecular flexibility index (Phi) is 5.61. The highest BCUT2D eigenvalue weighted by Gasteiger charge is 2.05. The first kappa shape index (κ1) is 16.1. The molecule has 1 aromatic heterocycles. The highest BCUT2D eigenvalue weighted by Crippen LogP contribution is 2.24. The largest absolute Gasteiger partial charge is 0.497 e. The van der Waals surface area contributed by atoms with E-state index < -0.39 is 0 Å². The van der Waals surface area contributed by atoms with Crippen molar-refractivity contribution in [2.75, 3.05) is 33.2 Å². The second kappa shape index (κ2) is 7.66. The third-order valence-electron chi connectivity index (χ3n) is 3.41. The molecule has 2 aromatic rings. The molecule has 2 rings (SSSR count). The fourth-order valence-electron chi connectivity index (χ4n) is 2.15. The summed E-state index contributed by atoms with van der Waals surface area (Å²) in [7, 11) is 7.30. The van der Waals surface area contributed by atoms with Crippen molar-refractivity contribution in [2.45, 2.75) is 13.1 Å². The van der Waals surface area contributed by atoms with E-state index >= 15 is 0 Å². The van der Waals surface area contributed by atoms with Crippen molar-refractivity contribution in [3.8, 4) is 11.5 Å². The van der Waals surface area contributed by atoms with Gasteiger partial charge in [-0.1, -0.05) is 6.07 Å². The Bertz CT molecular complexity index is 615. The number of anilines is 1. The van der Waals surface area contributed by atoms with Gasteiger partial charge in [0, 0.05) is 45.0 Å². The summed E-state index contributed by atoms with van der Waals surface area (Å²) in [6.45, 7) is 1.51. The molecule has 0 saturated heterocycles. The number of nitrogens with one attached hydrogen (secondary N) is 1. The van der Waals surface area contributed by atoms with Crippen LogP contribution in [-0.4, -0.2) is 33.3 Å². The van der Waals surface area contributed by atoms with Crippen LogP contribution >= 0.6 is 0 Å². The number of rotatable bonds is 7. The van der Waals surface area contributed by atoms with Gasteiger partial charge in [0.05, 0.1) is 14.2 Å². The molecular formula is C17H23N3O2. The molecule has 0 atom stereocenters. The standard InChI is InChI=1S/C17H23N3O2/c1-20(2)17-9-13(7-8-19-17)11-18-12-14-5-6-15(21-3)10-16(14)22-4/h5-10,18H,11-12H2,1-4H3. The number of ether oxygens (including phenoxy) is 2. The first-order valence-corrected chi connectivity index (χ1v) is 7.18. The van der Waals surface area contributed by atoms with Gasteiger partial charge in [-0.15, -0.1) is 0 Å². The number of pyridine rings is 1. The number of aromatic nitrogens is 1. The summed E-state index contributed by atoms with van der Waals surface area (Å²) in [5.74, 6) is 2.59. The van der Waals surface area contributed by atoms with Gasteiger partial charge in [-0.2, -0.15) is 0 Å². The zero-order chi connectivity index (χ0) is 15.9. The molecule has 5 heteroatoms. The first-order chi connectivity index (χ1) is 10.6. The van der Waals surface area contributed by atoms with Crippen LogP contribution in [0.25, 0.3) is 0 Å². The first-order valence-electron chi connectivity index (χ1n) is 7.18. The highest BCUT2D eigenvalue weighted by molar-refractivity contribution is 5.41. The molecule has 0 spiro atoms. The maximum absolute atomic E-state index is 5.40. The van der Waals surface area contributed by atoms with Gasteiger partial charge in [-0.3, -0.25) is 0 Å². The Morgan fingerprint density at radius 2 is 1.86 bits per heavy atom. The lowest BCUT2D eigenvalue weighted by atomic mass is 10.2. The molecule has 0 saturated carbocycles. The van der Waals surface area contributed by atoms with Crippen LogP contribution in [-0.2, 0) is 13.1 Å². The van der Waals surface area contributed by atoms with E-state index in [0.29, 0.717) is 0 Å². The van der Waals surface area contributed by atoms with E-state index in [4.69, 9.17) is 9.47 Å². The molecule has 0 aliphatic rings. The Labute approximate surface area is 131 Å². The maximum atomic E-state index is 5.40. The Morgan fingerprint density at radius 3 is 2.55 bits per heavy atom. The van der Waals surface area contributed by atoms with Gasteiger partial charge in [0.2, 0.25) is 0 Å². The fourth-order valence-corrected chi connectivity index (χ4v) is 2.15. The molecule has 1 heterocycles. The molecule has 22 heavy (non-hydrogen) atoms. The summed E-state index contributed by atoms with van der Waals surface area (Å²) >= 11 is 0. The average molecular weight is 301 g/mol. The molecule has 1 N–H and O–H groups in total. The molecular weight excluding hydrogens is 278 g/mol. The Balaban J connectivity index is 1.97. The maximum Gasteiger partial charge on any atom is 0.128 e. The van der Waals surface area contributed by atoms with E-state index in [-0.39, 0.29) is 0 Å². The van der Waals surface area contributed by atoms with Crippen LogP contribution in [0.3, 0.4) is 0 Å². The predicted octanol–water partition coefficient (Wildman–Crippen LogP) is 2.45. The summed E-state index contributed by atoms with van der Waals surface area (Å²) in [6, 6.07) is 9.95. The molecule has 0 radical (unpaired) electrons. The van der Waals surface area contributed by atoms with E-state index in [9.17, 15) is 0 Å². The predicted molar refractivity (Wildman–Crippen MR) is 88.7 cm³/mol. The van der Waals surface area contributed by atoms with E-state index in [2.05, 4.69) is 16.4 Å². The van der Waals surface area contributed by atoms with Gasteiger partial charge in [0.1, 0.15) is 17.3 Å². The quantitative estimate of drug-likeness (QED) is 0.851. The molecule has 1 aromatic carbocycles. The Hall–Kier alpha value is -2.27. The van der Waals surface area contributed by atoms with Crippen molar-refractivity contribution in [1.82, 2.24) is 10.3 Å². The van der Waals surface area contributed by atoms with E-state index in [0.717, 1.165) is 36.0 Å². The number of methoxy groups -OCH3 is 2. The third kappa shape index (κ3) is 4.11. The summed E-state index contributed by atoms with van der Waals surface area (Å²) in [4.78, 5) is 6.31. The van der Waals surface area contributed by atoms with Gasteiger partial charge >= 0.3 is 0 Å². The lowest BCUT2D eigenvalue weighted by Crippen LogP contribution is -2.15. The topological polar surface area (TPSA) is 46.6 Å². The van der Waals surface area contributed by atoms with Crippen molar-refractivity contribution in [3.05, 3.63) is 47.7 Å². The summed E-state index contributed by atoms with van der Waals surface area (Å²) in [5.41, 5.74) is 2.30. The minimum absolute atomic E-state index is 0.729. The van der Waals surface area contributed by atoms with Gasteiger partial charge in [-0.25, -0.2) is 4.98 Å². The van der Waals surface area contributed by atoms with Crippen LogP contribution in [0, 0.1) is 0 Å². The minimum atomic E-state index is 0.729.